The van der Waals surface area contributed by atoms with Gasteiger partial charge in [-0.3, -0.25) is 9.69 Å². The van der Waals surface area contributed by atoms with Crippen LogP contribution in [0.25, 0.3) is 11.0 Å². The Morgan fingerprint density at radius 3 is 2.52 bits per heavy atom. The van der Waals surface area contributed by atoms with E-state index in [1.54, 1.807) is 13.2 Å². The van der Waals surface area contributed by atoms with Gasteiger partial charge in [0, 0.05) is 11.9 Å². The van der Waals surface area contributed by atoms with Gasteiger partial charge in [-0.15, -0.1) is 0 Å². The molecule has 0 bridgehead atoms. The number of carbonyl (C=O) groups excluding carboxylic acids is 1. The van der Waals surface area contributed by atoms with Crippen molar-refractivity contribution in [2.75, 3.05) is 32.8 Å². The molecular formula is C26H31NO4. The molecule has 31 heavy (non-hydrogen) atoms. The van der Waals surface area contributed by atoms with Crippen LogP contribution in [-0.2, 0) is 6.42 Å². The number of fused-ring (bicyclic) bond motifs is 1. The van der Waals surface area contributed by atoms with Crippen molar-refractivity contribution >= 4 is 16.8 Å². The lowest BCUT2D eigenvalue weighted by atomic mass is 9.99. The van der Waals surface area contributed by atoms with Gasteiger partial charge in [-0.2, -0.15) is 0 Å². The number of carbonyl (C=O) groups is 1. The molecule has 1 saturated heterocycles. The van der Waals surface area contributed by atoms with Crippen LogP contribution < -0.4 is 9.47 Å². The highest BCUT2D eigenvalue weighted by atomic mass is 16.5. The number of ketones is 1. The molecule has 1 aromatic heterocycles. The summed E-state index contributed by atoms with van der Waals surface area (Å²) < 4.78 is 18.2. The summed E-state index contributed by atoms with van der Waals surface area (Å²) in [5, 5.41) is 0.898. The van der Waals surface area contributed by atoms with Gasteiger partial charge >= 0.3 is 0 Å². The number of nitrogens with zero attached hydrogens (tertiary/aromatic N) is 1. The van der Waals surface area contributed by atoms with Gasteiger partial charge in [0.15, 0.2) is 17.1 Å². The summed E-state index contributed by atoms with van der Waals surface area (Å²) in [7, 11) is 0. The summed E-state index contributed by atoms with van der Waals surface area (Å²) >= 11 is 0. The molecule has 0 amide bonds. The largest absolute Gasteiger partial charge is 0.487 e. The average molecular weight is 422 g/mol. The predicted molar refractivity (Wildman–Crippen MR) is 122 cm³/mol. The lowest BCUT2D eigenvalue weighted by Crippen LogP contribution is -2.25. The summed E-state index contributed by atoms with van der Waals surface area (Å²) in [4.78, 5) is 15.0. The SMILES string of the molecule is CC(=O)c1c(OCCN2CCCC2)c(OCCCc2ccccc2)c2occc2c1C. The van der Waals surface area contributed by atoms with Gasteiger partial charge in [-0.05, 0) is 69.8 Å². The fourth-order valence-electron chi connectivity index (χ4n) is 4.37. The Bertz CT molecular complexity index is 1020. The Balaban J connectivity index is 1.55. The minimum absolute atomic E-state index is 0.0223. The molecule has 0 aliphatic carbocycles. The van der Waals surface area contributed by atoms with E-state index in [9.17, 15) is 4.79 Å². The molecule has 1 aliphatic heterocycles. The second-order valence-electron chi connectivity index (χ2n) is 8.21. The number of aryl methyl sites for hydroxylation is 2. The second-order valence-corrected chi connectivity index (χ2v) is 8.21. The number of benzene rings is 2. The van der Waals surface area contributed by atoms with Crippen LogP contribution >= 0.6 is 0 Å². The molecule has 5 nitrogen and oxygen atoms in total. The van der Waals surface area contributed by atoms with E-state index in [4.69, 9.17) is 13.9 Å². The second kappa shape index (κ2) is 10.0. The van der Waals surface area contributed by atoms with E-state index in [1.165, 1.54) is 18.4 Å². The molecule has 0 N–H and O–H groups in total. The average Bonchev–Trinajstić information content (AvgIpc) is 3.46. The first kappa shape index (κ1) is 21.4. The molecular weight excluding hydrogens is 390 g/mol. The summed E-state index contributed by atoms with van der Waals surface area (Å²) in [6, 6.07) is 12.3. The van der Waals surface area contributed by atoms with Crippen LogP contribution in [0.4, 0.5) is 0 Å². The molecule has 4 rings (SSSR count). The standard InChI is InChI=1S/C26H31NO4/c1-19-22-12-17-30-24(22)26(29-16-8-11-21-9-4-3-5-10-21)25(23(19)20(2)28)31-18-15-27-13-6-7-14-27/h3-5,9-10,12,17H,6-8,11,13-16,18H2,1-2H3. The highest BCUT2D eigenvalue weighted by Gasteiger charge is 2.25. The van der Waals surface area contributed by atoms with E-state index in [0.717, 1.165) is 43.4 Å². The maximum atomic E-state index is 12.6. The predicted octanol–water partition coefficient (Wildman–Crippen LogP) is 5.43. The number of rotatable bonds is 10. The first-order chi connectivity index (χ1) is 15.1. The van der Waals surface area contributed by atoms with E-state index in [2.05, 4.69) is 17.0 Å². The Hall–Kier alpha value is -2.79. The van der Waals surface area contributed by atoms with Gasteiger partial charge in [0.25, 0.3) is 0 Å². The van der Waals surface area contributed by atoms with Gasteiger partial charge in [0.2, 0.25) is 5.75 Å². The zero-order valence-electron chi connectivity index (χ0n) is 18.5. The van der Waals surface area contributed by atoms with Crippen LogP contribution in [-0.4, -0.2) is 43.5 Å². The molecule has 1 fully saturated rings. The lowest BCUT2D eigenvalue weighted by Gasteiger charge is -2.20. The first-order valence-corrected chi connectivity index (χ1v) is 11.2. The summed E-state index contributed by atoms with van der Waals surface area (Å²) in [6.07, 6.45) is 5.92. The van der Waals surface area contributed by atoms with E-state index >= 15 is 0 Å². The molecule has 0 atom stereocenters. The Morgan fingerprint density at radius 2 is 1.77 bits per heavy atom. The summed E-state index contributed by atoms with van der Waals surface area (Å²) in [6.45, 7) is 7.64. The van der Waals surface area contributed by atoms with Crippen molar-refractivity contribution in [3.05, 3.63) is 59.4 Å². The quantitative estimate of drug-likeness (QED) is 0.323. The minimum atomic E-state index is -0.0223. The molecule has 1 aliphatic rings. The molecule has 2 heterocycles. The van der Waals surface area contributed by atoms with Crippen LogP contribution in [0.3, 0.4) is 0 Å². The van der Waals surface area contributed by atoms with Crippen molar-refractivity contribution in [2.45, 2.75) is 39.5 Å². The van der Waals surface area contributed by atoms with Gasteiger partial charge in [0.05, 0.1) is 18.4 Å². The smallest absolute Gasteiger partial charge is 0.205 e. The van der Waals surface area contributed by atoms with Gasteiger partial charge in [-0.25, -0.2) is 0 Å². The topological polar surface area (TPSA) is 51.9 Å². The normalized spacial score (nSPS) is 14.3. The van der Waals surface area contributed by atoms with Crippen LogP contribution in [0.2, 0.25) is 0 Å². The Kier molecular flexibility index (Phi) is 6.92. The molecule has 0 spiro atoms. The number of hydrogen-bond donors (Lipinski definition) is 0. The zero-order chi connectivity index (χ0) is 21.6. The fourth-order valence-corrected chi connectivity index (χ4v) is 4.37. The molecule has 3 aromatic rings. The van der Waals surface area contributed by atoms with Crippen LogP contribution in [0.5, 0.6) is 11.5 Å². The van der Waals surface area contributed by atoms with Crippen LogP contribution in [0, 0.1) is 6.92 Å². The van der Waals surface area contributed by atoms with E-state index in [-0.39, 0.29) is 5.78 Å². The first-order valence-electron chi connectivity index (χ1n) is 11.2. The lowest BCUT2D eigenvalue weighted by molar-refractivity contribution is 0.101. The van der Waals surface area contributed by atoms with Gasteiger partial charge in [0.1, 0.15) is 6.61 Å². The Morgan fingerprint density at radius 1 is 1.03 bits per heavy atom. The fraction of sp³-hybridized carbons (Fsp3) is 0.423. The number of furan rings is 1. The molecule has 0 saturated carbocycles. The Labute approximate surface area is 183 Å². The number of hydrogen-bond acceptors (Lipinski definition) is 5. The van der Waals surface area contributed by atoms with Gasteiger partial charge < -0.3 is 13.9 Å². The molecule has 0 radical (unpaired) electrons. The van der Waals surface area contributed by atoms with E-state index < -0.39 is 0 Å². The summed E-state index contributed by atoms with van der Waals surface area (Å²) in [5.74, 6) is 1.04. The minimum Gasteiger partial charge on any atom is -0.487 e. The molecule has 164 valence electrons. The summed E-state index contributed by atoms with van der Waals surface area (Å²) in [5.41, 5.74) is 3.40. The number of ether oxygens (including phenoxy) is 2. The number of Topliss-reactive ketones (excluding diaryl/α,β-unsaturated/α-hetero) is 1. The molecule has 0 unspecified atom stereocenters. The number of likely N-dealkylation sites (tertiary alicyclic amines) is 1. The van der Waals surface area contributed by atoms with Crippen LogP contribution in [0.1, 0.15) is 47.7 Å². The van der Waals surface area contributed by atoms with Crippen molar-refractivity contribution in [2.24, 2.45) is 0 Å². The van der Waals surface area contributed by atoms with E-state index in [0.29, 0.717) is 35.9 Å². The van der Waals surface area contributed by atoms with Crippen molar-refractivity contribution < 1.29 is 18.7 Å². The third-order valence-corrected chi connectivity index (χ3v) is 5.99. The van der Waals surface area contributed by atoms with Crippen LogP contribution in [0.15, 0.2) is 47.1 Å². The van der Waals surface area contributed by atoms with Crippen molar-refractivity contribution in [3.63, 3.8) is 0 Å². The van der Waals surface area contributed by atoms with Crippen molar-refractivity contribution in [3.8, 4) is 11.5 Å². The van der Waals surface area contributed by atoms with E-state index in [1.807, 2.05) is 31.2 Å². The zero-order valence-corrected chi connectivity index (χ0v) is 18.5. The highest BCUT2D eigenvalue weighted by Crippen LogP contribution is 2.43. The third kappa shape index (κ3) is 4.93. The van der Waals surface area contributed by atoms with Crippen molar-refractivity contribution in [1.82, 2.24) is 4.90 Å². The maximum Gasteiger partial charge on any atom is 0.205 e. The molecule has 5 heteroatoms. The monoisotopic (exact) mass is 421 g/mol. The third-order valence-electron chi connectivity index (χ3n) is 5.99. The van der Waals surface area contributed by atoms with Gasteiger partial charge in [-0.1, -0.05) is 30.3 Å². The highest BCUT2D eigenvalue weighted by molar-refractivity contribution is 6.05. The maximum absolute atomic E-state index is 12.6. The molecule has 2 aromatic carbocycles. The van der Waals surface area contributed by atoms with Crippen molar-refractivity contribution in [1.29, 1.82) is 0 Å².